The van der Waals surface area contributed by atoms with Crippen LogP contribution in [0.1, 0.15) is 241 Å². The third kappa shape index (κ3) is 11.0. The van der Waals surface area contributed by atoms with Gasteiger partial charge in [0.15, 0.2) is 0 Å². The molecule has 0 saturated heterocycles. The van der Waals surface area contributed by atoms with Crippen molar-refractivity contribution in [2.75, 3.05) is 9.80 Å². The third-order valence-electron chi connectivity index (χ3n) is 23.7. The van der Waals surface area contributed by atoms with Gasteiger partial charge in [0.05, 0.1) is 54.7 Å². The van der Waals surface area contributed by atoms with E-state index in [1.807, 2.05) is 95.2 Å². The van der Waals surface area contributed by atoms with Crippen LogP contribution in [0.3, 0.4) is 0 Å². The van der Waals surface area contributed by atoms with Gasteiger partial charge in [-0.05, 0) is 284 Å². The van der Waals surface area contributed by atoms with E-state index in [-0.39, 0.29) is 158 Å². The van der Waals surface area contributed by atoms with E-state index in [0.29, 0.717) is 56.4 Å². The molecule has 0 amide bonds. The number of benzene rings is 7. The molecule has 0 radical (unpaired) electrons. The van der Waals surface area contributed by atoms with Crippen LogP contribution in [0.5, 0.6) is 0 Å². The molecule has 0 spiro atoms. The van der Waals surface area contributed by atoms with E-state index in [4.69, 9.17) is 0 Å². The fourth-order valence-electron chi connectivity index (χ4n) is 18.6. The number of anilines is 4. The summed E-state index contributed by atoms with van der Waals surface area (Å²) in [5, 5.41) is 1.07. The van der Waals surface area contributed by atoms with Crippen LogP contribution in [0.25, 0.3) is 55.0 Å². The first-order valence-corrected chi connectivity index (χ1v) is 37.7. The van der Waals surface area contributed by atoms with Crippen LogP contribution in [0.2, 0.25) is 0 Å². The monoisotopic (exact) mass is 1320 g/mol. The predicted octanol–water partition coefficient (Wildman–Crippen LogP) is 23.6. The van der Waals surface area contributed by atoms with Gasteiger partial charge >= 0.3 is 0 Å². The highest BCUT2D eigenvalue weighted by Crippen LogP contribution is 2.53. The Balaban J connectivity index is 1.05. The summed E-state index contributed by atoms with van der Waals surface area (Å²) in [7, 11) is 0. The Bertz CT molecular complexity index is 5310. The molecule has 4 heterocycles. The molecule has 7 aromatic carbocycles. The molecule has 0 fully saturated rings. The van der Waals surface area contributed by atoms with Crippen LogP contribution >= 0.6 is 0 Å². The Morgan fingerprint density at radius 3 is 1.11 bits per heavy atom. The lowest BCUT2D eigenvalue weighted by atomic mass is 9.33. The van der Waals surface area contributed by atoms with Gasteiger partial charge in [-0.1, -0.05) is 185 Å². The maximum atomic E-state index is 11.1. The van der Waals surface area contributed by atoms with Gasteiger partial charge in [0.25, 0.3) is 6.71 Å². The Kier molecular flexibility index (Phi) is 12.3. The van der Waals surface area contributed by atoms with Gasteiger partial charge in [0.1, 0.15) is 0 Å². The summed E-state index contributed by atoms with van der Waals surface area (Å²) in [6.07, 6.45) is 35.6. The van der Waals surface area contributed by atoms with E-state index in [0.717, 1.165) is 132 Å². The summed E-state index contributed by atoms with van der Waals surface area (Å²) >= 11 is 0. The first-order valence-electron chi connectivity index (χ1n) is 45.2. The highest BCUT2D eigenvalue weighted by Gasteiger charge is 2.51. The summed E-state index contributed by atoms with van der Waals surface area (Å²) in [5.41, 5.74) is 10.1. The minimum absolute atomic E-state index is 0.00625. The molecule has 0 bridgehead atoms. The zero-order valence-electron chi connectivity index (χ0n) is 75.6. The van der Waals surface area contributed by atoms with Crippen LogP contribution in [0.4, 0.5) is 22.7 Å². The van der Waals surface area contributed by atoms with Crippen LogP contribution < -0.4 is 26.2 Å². The van der Waals surface area contributed by atoms with E-state index in [2.05, 4.69) is 82.7 Å². The van der Waals surface area contributed by atoms with Gasteiger partial charge in [0.2, 0.25) is 0 Å². The molecule has 2 aromatic heterocycles. The molecule has 6 unspecified atom stereocenters. The summed E-state index contributed by atoms with van der Waals surface area (Å²) < 4.78 is 159. The molecule has 6 atom stereocenters. The minimum Gasteiger partial charge on any atom is -0.334 e. The van der Waals surface area contributed by atoms with Crippen molar-refractivity contribution in [2.24, 2.45) is 23.7 Å². The summed E-state index contributed by atoms with van der Waals surface area (Å²) in [6.45, 7) is 22.4. The SMILES string of the molecule is [2H]c1c([2H])c2c3c(c1[2H])N(C1C(C4CC=CCC4)=CCCC1C1=CCCCC1)c1cc(-n4c5c([2H])c([2H])c(C(C)(C)C)c([2H])c5c5c([2H])c(C(C)(C)C)c([2H])c([2H])c54)ccc1B3c1ccc(-n3c4c([2H])c([2H])c(C(C)(C)C)c([2H])c4c4c([2H])c(C(C)(C)C)c([2H])c([2H])c43)cc1N2C1C(C2CC=CCC2)=CCCC1C1=CCCCC1. The topological polar surface area (TPSA) is 16.3 Å². The normalized spacial score (nSPS) is 25.1. The second kappa shape index (κ2) is 24.5. The zero-order valence-corrected chi connectivity index (χ0v) is 60.6. The molecular formula is C94H107BN4. The number of aromatic nitrogens is 2. The average molecular weight is 1320 g/mol. The number of fused-ring (bicyclic) bond motifs is 10. The molecule has 0 saturated carbocycles. The van der Waals surface area contributed by atoms with E-state index < -0.39 is 40.5 Å². The molecule has 506 valence electrons. The molecule has 6 aliphatic carbocycles. The van der Waals surface area contributed by atoms with Gasteiger partial charge in [0, 0.05) is 67.5 Å². The minimum atomic E-state index is -0.784. The number of allylic oxidation sites excluding steroid dienone is 8. The smallest absolute Gasteiger partial charge is 0.252 e. The highest BCUT2D eigenvalue weighted by molar-refractivity contribution is 7.00. The van der Waals surface area contributed by atoms with Crippen LogP contribution in [0.15, 0.2) is 198 Å². The van der Waals surface area contributed by atoms with Crippen molar-refractivity contribution in [3.05, 3.63) is 220 Å². The molecule has 2 aliphatic heterocycles. The van der Waals surface area contributed by atoms with Gasteiger partial charge in [-0.25, -0.2) is 0 Å². The maximum Gasteiger partial charge on any atom is 0.252 e. The first kappa shape index (κ1) is 49.7. The van der Waals surface area contributed by atoms with Crippen molar-refractivity contribution in [1.29, 1.82) is 0 Å². The van der Waals surface area contributed by atoms with Crippen molar-refractivity contribution >= 4 is 89.5 Å². The van der Waals surface area contributed by atoms with E-state index in [1.165, 1.54) is 22.3 Å². The number of rotatable bonds is 8. The molecule has 0 N–H and O–H groups in total. The standard InChI is InChI=1S/C94H107BN4/c1-91(2,3)64-42-50-80-74(54-64)75-55-65(92(4,5)6)43-51-81(75)96(80)68-46-48-78-86(58-68)98(89-70(60-28-17-13-18-29-60)36-25-37-71(89)61-30-19-14-20-31-61)84-40-27-41-85-88(84)95(78)79-49-47-69(97-82-52-44-66(93(7,8)9)56-76(82)77-57-67(94(10,11)12)45-53-83(77)97)59-87(79)99(85)90-72(62-32-21-15-22-33-62)38-26-39-73(90)63-34-23-16-24-35-63/h13,15,17,21,27,30,34,36,38,40-60,62,71,73,89-90H,14,16,18-20,22-26,28-29,31-33,35,37,39H2,1-12H3/i27D,40D,41D,42D,43D,44D,45D,50D,51D,52D,53D,54D,55D,56D,57D. The average Bonchev–Trinajstić information content (AvgIpc) is 0.942. The van der Waals surface area contributed by atoms with E-state index in [9.17, 15) is 20.6 Å². The molecule has 9 aromatic rings. The Hall–Kier alpha value is -7.76. The largest absolute Gasteiger partial charge is 0.334 e. The van der Waals surface area contributed by atoms with Gasteiger partial charge < -0.3 is 18.9 Å². The number of nitrogens with zero attached hydrogens (tertiary/aromatic N) is 4. The van der Waals surface area contributed by atoms with Gasteiger partial charge in [-0.15, -0.1) is 0 Å². The van der Waals surface area contributed by atoms with E-state index in [1.54, 1.807) is 9.13 Å². The first-order chi connectivity index (χ1) is 54.0. The van der Waals surface area contributed by atoms with Gasteiger partial charge in [-0.3, -0.25) is 0 Å². The summed E-state index contributed by atoms with van der Waals surface area (Å²) in [6, 6.07) is 9.93. The lowest BCUT2D eigenvalue weighted by molar-refractivity contribution is 0.391. The van der Waals surface area contributed by atoms with Crippen LogP contribution in [-0.4, -0.2) is 27.9 Å². The van der Waals surface area contributed by atoms with Crippen molar-refractivity contribution in [1.82, 2.24) is 9.13 Å². The summed E-state index contributed by atoms with van der Waals surface area (Å²) in [5.74, 6) is 0.127. The number of hydrogen-bond donors (Lipinski definition) is 0. The second-order valence-corrected chi connectivity index (χ2v) is 34.4. The van der Waals surface area contributed by atoms with Gasteiger partial charge in [-0.2, -0.15) is 0 Å². The Labute approximate surface area is 613 Å². The fraction of sp³-hybridized carbons (Fsp3) is 0.426. The molecule has 4 nitrogen and oxygen atoms in total. The summed E-state index contributed by atoms with van der Waals surface area (Å²) in [4.78, 5) is 4.83. The molecule has 99 heavy (non-hydrogen) atoms. The van der Waals surface area contributed by atoms with Crippen LogP contribution in [-0.2, 0) is 21.7 Å². The van der Waals surface area contributed by atoms with Crippen molar-refractivity contribution in [2.45, 2.75) is 232 Å². The third-order valence-corrected chi connectivity index (χ3v) is 23.7. The molecule has 5 heteroatoms. The fourth-order valence-corrected chi connectivity index (χ4v) is 18.6. The number of hydrogen-bond acceptors (Lipinski definition) is 2. The molecule has 8 aliphatic rings. The predicted molar refractivity (Wildman–Crippen MR) is 427 cm³/mol. The maximum absolute atomic E-state index is 11.1. The van der Waals surface area contributed by atoms with E-state index >= 15 is 0 Å². The van der Waals surface area contributed by atoms with Crippen LogP contribution in [0, 0.1) is 23.7 Å². The molecule has 17 rings (SSSR count). The zero-order chi connectivity index (χ0) is 81.1. The lowest BCUT2D eigenvalue weighted by Crippen LogP contribution is -2.65. The second-order valence-electron chi connectivity index (χ2n) is 34.4. The lowest BCUT2D eigenvalue weighted by Gasteiger charge is -2.53. The quantitative estimate of drug-likeness (QED) is 0.111. The highest BCUT2D eigenvalue weighted by atomic mass is 15.2. The Morgan fingerprint density at radius 2 is 0.778 bits per heavy atom. The van der Waals surface area contributed by atoms with Crippen molar-refractivity contribution in [3.8, 4) is 11.4 Å². The van der Waals surface area contributed by atoms with Crippen molar-refractivity contribution < 1.29 is 20.6 Å². The molecular weight excluding hydrogens is 1200 g/mol. The Morgan fingerprint density at radius 1 is 0.394 bits per heavy atom. The van der Waals surface area contributed by atoms with Crippen molar-refractivity contribution in [3.63, 3.8) is 0 Å².